The minimum atomic E-state index is -0.548. The number of hydrogen-bond acceptors (Lipinski definition) is 4. The summed E-state index contributed by atoms with van der Waals surface area (Å²) in [6.07, 6.45) is 0.493. The first-order valence-electron chi connectivity index (χ1n) is 6.44. The molecule has 1 aromatic heterocycles. The molecule has 0 bridgehead atoms. The average molecular weight is 360 g/mol. The molecule has 0 spiro atoms. The summed E-state index contributed by atoms with van der Waals surface area (Å²) in [5, 5.41) is 10.0. The van der Waals surface area contributed by atoms with Crippen LogP contribution >= 0.6 is 27.3 Å². The first kappa shape index (κ1) is 14.2. The molecule has 0 amide bonds. The van der Waals surface area contributed by atoms with Crippen LogP contribution in [0.1, 0.15) is 26.7 Å². The Morgan fingerprint density at radius 2 is 2.20 bits per heavy atom. The largest absolute Gasteiger partial charge is 0.485 e. The molecule has 1 saturated carbocycles. The van der Waals surface area contributed by atoms with Crippen molar-refractivity contribution in [2.75, 3.05) is 0 Å². The van der Waals surface area contributed by atoms with E-state index in [1.54, 1.807) is 6.07 Å². The number of nitrogens with zero attached hydrogens (tertiary/aromatic N) is 1. The van der Waals surface area contributed by atoms with Crippen LogP contribution in [-0.4, -0.2) is 22.3 Å². The van der Waals surface area contributed by atoms with Crippen LogP contribution in [0, 0.1) is 11.2 Å². The normalized spacial score (nSPS) is 25.2. The lowest BCUT2D eigenvalue weighted by molar-refractivity contribution is 0.0579. The molecule has 2 aromatic rings. The third-order valence-electron chi connectivity index (χ3n) is 3.64. The lowest BCUT2D eigenvalue weighted by Gasteiger charge is -2.18. The maximum Gasteiger partial charge on any atom is 0.167 e. The summed E-state index contributed by atoms with van der Waals surface area (Å²) >= 11 is 4.72. The number of hydrogen-bond donors (Lipinski definition) is 1. The highest BCUT2D eigenvalue weighted by Gasteiger charge is 2.40. The van der Waals surface area contributed by atoms with Gasteiger partial charge in [-0.15, -0.1) is 11.3 Å². The van der Waals surface area contributed by atoms with Gasteiger partial charge in [-0.1, -0.05) is 13.8 Å². The van der Waals surface area contributed by atoms with Gasteiger partial charge in [0.15, 0.2) is 15.5 Å². The van der Waals surface area contributed by atoms with Crippen LogP contribution in [0.2, 0.25) is 0 Å². The molecular formula is C14H15BrFNO2S. The molecule has 1 fully saturated rings. The molecule has 0 saturated heterocycles. The van der Waals surface area contributed by atoms with E-state index in [9.17, 15) is 9.50 Å². The van der Waals surface area contributed by atoms with Gasteiger partial charge in [-0.2, -0.15) is 0 Å². The summed E-state index contributed by atoms with van der Waals surface area (Å²) in [6.45, 7) is 4.17. The Morgan fingerprint density at radius 1 is 1.45 bits per heavy atom. The van der Waals surface area contributed by atoms with Crippen LogP contribution in [0.4, 0.5) is 4.39 Å². The van der Waals surface area contributed by atoms with E-state index in [1.165, 1.54) is 17.4 Å². The van der Waals surface area contributed by atoms with Gasteiger partial charge in [0.2, 0.25) is 0 Å². The van der Waals surface area contributed by atoms with Crippen molar-refractivity contribution >= 4 is 37.5 Å². The molecule has 1 heterocycles. The molecule has 0 unspecified atom stereocenters. The number of rotatable bonds is 2. The lowest BCUT2D eigenvalue weighted by atomic mass is 9.92. The molecule has 2 atom stereocenters. The predicted octanol–water partition coefficient (Wildman–Crippen LogP) is 4.13. The molecule has 1 aliphatic carbocycles. The summed E-state index contributed by atoms with van der Waals surface area (Å²) in [5.41, 5.74) is 0.636. The Balaban J connectivity index is 1.89. The molecule has 1 N–H and O–H groups in total. The van der Waals surface area contributed by atoms with Crippen molar-refractivity contribution < 1.29 is 14.2 Å². The highest BCUT2D eigenvalue weighted by Crippen LogP contribution is 2.40. The van der Waals surface area contributed by atoms with Crippen molar-refractivity contribution in [1.82, 2.24) is 4.98 Å². The second kappa shape index (κ2) is 4.93. The Labute approximate surface area is 128 Å². The van der Waals surface area contributed by atoms with Gasteiger partial charge in [0.05, 0.1) is 16.3 Å². The van der Waals surface area contributed by atoms with Crippen molar-refractivity contribution in [3.63, 3.8) is 0 Å². The molecule has 20 heavy (non-hydrogen) atoms. The fourth-order valence-electron chi connectivity index (χ4n) is 2.74. The first-order chi connectivity index (χ1) is 9.34. The van der Waals surface area contributed by atoms with E-state index in [2.05, 4.69) is 34.8 Å². The van der Waals surface area contributed by atoms with Gasteiger partial charge >= 0.3 is 0 Å². The van der Waals surface area contributed by atoms with Crippen molar-refractivity contribution in [3.05, 3.63) is 21.9 Å². The van der Waals surface area contributed by atoms with Crippen LogP contribution in [0.3, 0.4) is 0 Å². The molecular weight excluding hydrogens is 345 g/mol. The zero-order valence-corrected chi connectivity index (χ0v) is 13.6. The monoisotopic (exact) mass is 359 g/mol. The second-order valence-corrected chi connectivity index (χ2v) is 8.32. The van der Waals surface area contributed by atoms with Gasteiger partial charge in [0.1, 0.15) is 6.10 Å². The summed E-state index contributed by atoms with van der Waals surface area (Å²) in [5.74, 6) is -0.248. The van der Waals surface area contributed by atoms with Gasteiger partial charge in [-0.05, 0) is 34.2 Å². The van der Waals surface area contributed by atoms with E-state index < -0.39 is 11.9 Å². The minimum absolute atomic E-state index is 0.0260. The number of halogens is 2. The van der Waals surface area contributed by atoms with Crippen LogP contribution in [-0.2, 0) is 0 Å². The molecule has 1 aromatic carbocycles. The number of aromatic nitrogens is 1. The molecule has 3 rings (SSSR count). The second-order valence-electron chi connectivity index (χ2n) is 6.01. The number of aliphatic hydroxyl groups excluding tert-OH is 1. The van der Waals surface area contributed by atoms with Gasteiger partial charge in [0, 0.05) is 12.1 Å². The maximum atomic E-state index is 14.0. The predicted molar refractivity (Wildman–Crippen MR) is 80.7 cm³/mol. The number of benzene rings is 1. The number of thiazole rings is 1. The van der Waals surface area contributed by atoms with E-state index in [1.807, 2.05) is 0 Å². The Hall–Kier alpha value is -0.720. The van der Waals surface area contributed by atoms with Crippen molar-refractivity contribution in [3.8, 4) is 5.75 Å². The molecule has 1 aliphatic rings. The molecule has 3 nitrogen and oxygen atoms in total. The Bertz CT molecular complexity index is 658. The minimum Gasteiger partial charge on any atom is -0.485 e. The van der Waals surface area contributed by atoms with Crippen molar-refractivity contribution in [2.24, 2.45) is 5.41 Å². The van der Waals surface area contributed by atoms with Crippen LogP contribution in [0.25, 0.3) is 10.2 Å². The van der Waals surface area contributed by atoms with Gasteiger partial charge < -0.3 is 9.84 Å². The van der Waals surface area contributed by atoms with E-state index in [4.69, 9.17) is 4.74 Å². The smallest absolute Gasteiger partial charge is 0.167 e. The highest BCUT2D eigenvalue weighted by atomic mass is 79.9. The molecule has 108 valence electrons. The molecule has 6 heteroatoms. The van der Waals surface area contributed by atoms with E-state index in [0.29, 0.717) is 15.9 Å². The SMILES string of the molecule is CC1(C)C[C@H](O)[C@H](Oc2cc3sc(Br)nc3cc2F)C1. The number of fused-ring (bicyclic) bond motifs is 1. The Kier molecular flexibility index (Phi) is 3.51. The van der Waals surface area contributed by atoms with Gasteiger partial charge in [0.25, 0.3) is 0 Å². The Morgan fingerprint density at radius 3 is 2.85 bits per heavy atom. The zero-order valence-electron chi connectivity index (χ0n) is 11.2. The average Bonchev–Trinajstić information content (AvgIpc) is 2.78. The third-order valence-corrected chi connectivity index (χ3v) is 5.11. The fraction of sp³-hybridized carbons (Fsp3) is 0.500. The summed E-state index contributed by atoms with van der Waals surface area (Å²) in [4.78, 5) is 4.18. The molecule has 0 radical (unpaired) electrons. The topological polar surface area (TPSA) is 42.4 Å². The lowest BCUT2D eigenvalue weighted by Crippen LogP contribution is -2.26. The summed E-state index contributed by atoms with van der Waals surface area (Å²) in [6, 6.07) is 3.03. The van der Waals surface area contributed by atoms with E-state index >= 15 is 0 Å². The first-order valence-corrected chi connectivity index (χ1v) is 8.05. The third kappa shape index (κ3) is 2.69. The van der Waals surface area contributed by atoms with Gasteiger partial charge in [-0.3, -0.25) is 0 Å². The zero-order chi connectivity index (χ0) is 14.5. The molecule has 0 aliphatic heterocycles. The van der Waals surface area contributed by atoms with Crippen molar-refractivity contribution in [1.29, 1.82) is 0 Å². The number of aliphatic hydroxyl groups is 1. The fourth-order valence-corrected chi connectivity index (χ4v) is 4.15. The summed E-state index contributed by atoms with van der Waals surface area (Å²) < 4.78 is 21.3. The van der Waals surface area contributed by atoms with E-state index in [0.717, 1.165) is 11.1 Å². The standard InChI is InChI=1S/C14H15BrFNO2S/c1-14(2)5-9(18)11(6-14)19-10-4-12-8(3-7(10)16)17-13(15)20-12/h3-4,9,11,18H,5-6H2,1-2H3/t9-,11+/m0/s1. The van der Waals surface area contributed by atoms with E-state index in [-0.39, 0.29) is 17.3 Å². The van der Waals surface area contributed by atoms with Crippen LogP contribution in [0.15, 0.2) is 16.0 Å². The van der Waals surface area contributed by atoms with Crippen LogP contribution in [0.5, 0.6) is 5.75 Å². The summed E-state index contributed by atoms with van der Waals surface area (Å²) in [7, 11) is 0. The van der Waals surface area contributed by atoms with Gasteiger partial charge in [-0.25, -0.2) is 9.37 Å². The van der Waals surface area contributed by atoms with Crippen molar-refractivity contribution in [2.45, 2.75) is 38.9 Å². The number of ether oxygens (including phenoxy) is 1. The highest BCUT2D eigenvalue weighted by molar-refractivity contribution is 9.11. The van der Waals surface area contributed by atoms with Crippen LogP contribution < -0.4 is 4.74 Å². The quantitative estimate of drug-likeness (QED) is 0.876. The maximum absolute atomic E-state index is 14.0.